The SMILES string of the molecule is CCc1ccc(NC(=O)CC2(CS)CC2)cc1. The molecule has 1 amide bonds. The molecule has 2 rings (SSSR count). The molecule has 2 nitrogen and oxygen atoms in total. The van der Waals surface area contributed by atoms with Crippen LogP contribution in [0.1, 0.15) is 31.7 Å². The number of nitrogens with one attached hydrogen (secondary N) is 1. The van der Waals surface area contributed by atoms with Crippen LogP contribution in [0, 0.1) is 5.41 Å². The second-order valence-corrected chi connectivity index (χ2v) is 5.25. The topological polar surface area (TPSA) is 29.1 Å². The number of carbonyl (C=O) groups is 1. The second kappa shape index (κ2) is 5.13. The van der Waals surface area contributed by atoms with Crippen molar-refractivity contribution in [3.63, 3.8) is 0 Å². The van der Waals surface area contributed by atoms with Gasteiger partial charge in [-0.15, -0.1) is 0 Å². The van der Waals surface area contributed by atoms with Gasteiger partial charge in [0.05, 0.1) is 0 Å². The monoisotopic (exact) mass is 249 g/mol. The number of rotatable bonds is 5. The van der Waals surface area contributed by atoms with E-state index in [1.165, 1.54) is 5.56 Å². The summed E-state index contributed by atoms with van der Waals surface area (Å²) in [5.74, 6) is 0.927. The number of hydrogen-bond donors (Lipinski definition) is 2. The summed E-state index contributed by atoms with van der Waals surface area (Å²) in [6, 6.07) is 8.05. The largest absolute Gasteiger partial charge is 0.326 e. The van der Waals surface area contributed by atoms with Crippen LogP contribution in [0.4, 0.5) is 5.69 Å². The van der Waals surface area contributed by atoms with Gasteiger partial charge in [0.15, 0.2) is 0 Å². The van der Waals surface area contributed by atoms with Crippen molar-refractivity contribution in [2.75, 3.05) is 11.1 Å². The van der Waals surface area contributed by atoms with Gasteiger partial charge in [0.1, 0.15) is 0 Å². The van der Waals surface area contributed by atoms with E-state index >= 15 is 0 Å². The van der Waals surface area contributed by atoms with E-state index in [-0.39, 0.29) is 11.3 Å². The molecule has 0 spiro atoms. The molecule has 1 aromatic rings. The Morgan fingerprint density at radius 3 is 2.47 bits per heavy atom. The van der Waals surface area contributed by atoms with Crippen molar-refractivity contribution in [3.8, 4) is 0 Å². The lowest BCUT2D eigenvalue weighted by molar-refractivity contribution is -0.117. The fourth-order valence-corrected chi connectivity index (χ4v) is 2.37. The first kappa shape index (κ1) is 12.5. The smallest absolute Gasteiger partial charge is 0.224 e. The summed E-state index contributed by atoms with van der Waals surface area (Å²) in [4.78, 5) is 11.8. The highest BCUT2D eigenvalue weighted by Gasteiger charge is 2.42. The molecule has 1 aliphatic rings. The third kappa shape index (κ3) is 3.25. The average Bonchev–Trinajstić information content (AvgIpc) is 3.10. The van der Waals surface area contributed by atoms with Crippen molar-refractivity contribution in [3.05, 3.63) is 29.8 Å². The number of aryl methyl sites for hydroxylation is 1. The zero-order chi connectivity index (χ0) is 12.3. The Morgan fingerprint density at radius 2 is 2.00 bits per heavy atom. The van der Waals surface area contributed by atoms with Gasteiger partial charge in [-0.25, -0.2) is 0 Å². The van der Waals surface area contributed by atoms with Crippen LogP contribution in [0.15, 0.2) is 24.3 Å². The summed E-state index contributed by atoms with van der Waals surface area (Å²) in [6.45, 7) is 2.12. The molecule has 0 aliphatic heterocycles. The molecule has 17 heavy (non-hydrogen) atoms. The van der Waals surface area contributed by atoms with E-state index in [0.717, 1.165) is 30.7 Å². The molecule has 1 saturated carbocycles. The first-order valence-electron chi connectivity index (χ1n) is 6.17. The highest BCUT2D eigenvalue weighted by molar-refractivity contribution is 7.80. The fraction of sp³-hybridized carbons (Fsp3) is 0.500. The number of thiol groups is 1. The van der Waals surface area contributed by atoms with Gasteiger partial charge < -0.3 is 5.32 Å². The second-order valence-electron chi connectivity index (χ2n) is 4.93. The summed E-state index contributed by atoms with van der Waals surface area (Å²) >= 11 is 4.31. The van der Waals surface area contributed by atoms with Crippen LogP contribution in [0.5, 0.6) is 0 Å². The van der Waals surface area contributed by atoms with Gasteiger partial charge in [-0.3, -0.25) is 4.79 Å². The van der Waals surface area contributed by atoms with Crippen molar-refractivity contribution in [2.24, 2.45) is 5.41 Å². The van der Waals surface area contributed by atoms with Crippen molar-refractivity contribution in [2.45, 2.75) is 32.6 Å². The molecule has 0 unspecified atom stereocenters. The molecular weight excluding hydrogens is 230 g/mol. The van der Waals surface area contributed by atoms with Crippen LogP contribution in [-0.4, -0.2) is 11.7 Å². The molecule has 1 fully saturated rings. The summed E-state index contributed by atoms with van der Waals surface area (Å²) in [6.07, 6.45) is 3.90. The predicted octanol–water partition coefficient (Wildman–Crippen LogP) is 3.29. The van der Waals surface area contributed by atoms with E-state index in [2.05, 4.69) is 37.0 Å². The summed E-state index contributed by atoms with van der Waals surface area (Å²) in [5.41, 5.74) is 2.37. The highest BCUT2D eigenvalue weighted by Crippen LogP contribution is 2.49. The maximum Gasteiger partial charge on any atom is 0.224 e. The van der Waals surface area contributed by atoms with Crippen LogP contribution in [0.3, 0.4) is 0 Å². The predicted molar refractivity (Wildman–Crippen MR) is 74.6 cm³/mol. The van der Waals surface area contributed by atoms with Crippen LogP contribution >= 0.6 is 12.6 Å². The Kier molecular flexibility index (Phi) is 3.77. The zero-order valence-electron chi connectivity index (χ0n) is 10.2. The third-order valence-electron chi connectivity index (χ3n) is 3.47. The van der Waals surface area contributed by atoms with Gasteiger partial charge in [0.25, 0.3) is 0 Å². The van der Waals surface area contributed by atoms with Crippen molar-refractivity contribution in [1.82, 2.24) is 0 Å². The standard InChI is InChI=1S/C14H19NOS/c1-2-11-3-5-12(6-4-11)15-13(16)9-14(10-17)7-8-14/h3-6,17H,2,7-10H2,1H3,(H,15,16). The normalized spacial score (nSPS) is 16.6. The molecule has 1 aliphatic carbocycles. The number of amides is 1. The maximum atomic E-state index is 11.8. The molecule has 0 saturated heterocycles. The summed E-state index contributed by atoms with van der Waals surface area (Å²) in [7, 11) is 0. The molecule has 3 heteroatoms. The van der Waals surface area contributed by atoms with Crippen molar-refractivity contribution < 1.29 is 4.79 Å². The number of benzene rings is 1. The van der Waals surface area contributed by atoms with Gasteiger partial charge in [-0.05, 0) is 48.1 Å². The summed E-state index contributed by atoms with van der Waals surface area (Å²) < 4.78 is 0. The van der Waals surface area contributed by atoms with Crippen molar-refractivity contribution in [1.29, 1.82) is 0 Å². The van der Waals surface area contributed by atoms with Gasteiger partial charge in [0, 0.05) is 12.1 Å². The van der Waals surface area contributed by atoms with Crippen molar-refractivity contribution >= 4 is 24.2 Å². The van der Waals surface area contributed by atoms with E-state index in [4.69, 9.17) is 0 Å². The lowest BCUT2D eigenvalue weighted by Crippen LogP contribution is -2.18. The quantitative estimate of drug-likeness (QED) is 0.770. The lowest BCUT2D eigenvalue weighted by Gasteiger charge is -2.11. The van der Waals surface area contributed by atoms with E-state index in [1.54, 1.807) is 0 Å². The van der Waals surface area contributed by atoms with E-state index in [1.807, 2.05) is 12.1 Å². The number of hydrogen-bond acceptors (Lipinski definition) is 2. The molecule has 1 aromatic carbocycles. The minimum Gasteiger partial charge on any atom is -0.326 e. The van der Waals surface area contributed by atoms with Crippen LogP contribution in [0.25, 0.3) is 0 Å². The minimum absolute atomic E-state index is 0.112. The van der Waals surface area contributed by atoms with Crippen LogP contribution in [-0.2, 0) is 11.2 Å². The zero-order valence-corrected chi connectivity index (χ0v) is 11.1. The van der Waals surface area contributed by atoms with Gasteiger partial charge in [-0.1, -0.05) is 19.1 Å². The Labute approximate surface area is 108 Å². The molecule has 92 valence electrons. The van der Waals surface area contributed by atoms with Crippen LogP contribution < -0.4 is 5.32 Å². The fourth-order valence-electron chi connectivity index (χ4n) is 1.94. The Balaban J connectivity index is 1.89. The molecule has 0 heterocycles. The summed E-state index contributed by atoms with van der Waals surface area (Å²) in [5, 5.41) is 2.95. The van der Waals surface area contributed by atoms with Gasteiger partial charge in [0.2, 0.25) is 5.91 Å². The maximum absolute atomic E-state index is 11.8. The van der Waals surface area contributed by atoms with Gasteiger partial charge >= 0.3 is 0 Å². The Hall–Kier alpha value is -0.960. The molecule has 0 radical (unpaired) electrons. The molecule has 0 aromatic heterocycles. The first-order chi connectivity index (χ1) is 8.17. The van der Waals surface area contributed by atoms with Crippen LogP contribution in [0.2, 0.25) is 0 Å². The van der Waals surface area contributed by atoms with Gasteiger partial charge in [-0.2, -0.15) is 12.6 Å². The van der Waals surface area contributed by atoms with E-state index < -0.39 is 0 Å². The highest BCUT2D eigenvalue weighted by atomic mass is 32.1. The minimum atomic E-state index is 0.112. The number of anilines is 1. The Morgan fingerprint density at radius 1 is 1.35 bits per heavy atom. The van der Waals surface area contributed by atoms with E-state index in [9.17, 15) is 4.79 Å². The molecule has 0 bridgehead atoms. The van der Waals surface area contributed by atoms with E-state index in [0.29, 0.717) is 6.42 Å². The molecular formula is C14H19NOS. The molecule has 1 N–H and O–H groups in total. The average molecular weight is 249 g/mol. The lowest BCUT2D eigenvalue weighted by atomic mass is 10.0. The first-order valence-corrected chi connectivity index (χ1v) is 6.80. The number of carbonyl (C=O) groups excluding carboxylic acids is 1. The molecule has 0 atom stereocenters. The third-order valence-corrected chi connectivity index (χ3v) is 4.14. The Bertz CT molecular complexity index is 395.